The standard InChI is InChI=1S/C14H17ClN4O2S/c1-21-8-2-7-19-13(10-3-5-11(15)6-4-10)17-18-14(19)22-9-12(16)20/h3-6H,2,7-9H2,1H3,(H2,16,20). The first kappa shape index (κ1) is 16.8. The van der Waals surface area contributed by atoms with Gasteiger partial charge in [0.1, 0.15) is 0 Å². The monoisotopic (exact) mass is 340 g/mol. The van der Waals surface area contributed by atoms with Crippen molar-refractivity contribution in [2.75, 3.05) is 19.5 Å². The molecule has 0 aliphatic rings. The molecule has 0 spiro atoms. The largest absolute Gasteiger partial charge is 0.385 e. The molecular formula is C14H17ClN4O2S. The second kappa shape index (κ2) is 8.17. The van der Waals surface area contributed by atoms with Crippen LogP contribution < -0.4 is 5.73 Å². The minimum Gasteiger partial charge on any atom is -0.385 e. The van der Waals surface area contributed by atoms with Crippen LogP contribution in [0.25, 0.3) is 11.4 Å². The maximum absolute atomic E-state index is 11.0. The third-order valence-electron chi connectivity index (χ3n) is 2.89. The van der Waals surface area contributed by atoms with Gasteiger partial charge in [-0.15, -0.1) is 10.2 Å². The zero-order chi connectivity index (χ0) is 15.9. The fourth-order valence-corrected chi connectivity index (χ4v) is 2.74. The lowest BCUT2D eigenvalue weighted by Gasteiger charge is -2.09. The Kier molecular flexibility index (Phi) is 6.23. The van der Waals surface area contributed by atoms with Crippen LogP contribution in [0.5, 0.6) is 0 Å². The van der Waals surface area contributed by atoms with Crippen molar-refractivity contribution in [1.82, 2.24) is 14.8 Å². The summed E-state index contributed by atoms with van der Waals surface area (Å²) in [5, 5.41) is 9.72. The van der Waals surface area contributed by atoms with Gasteiger partial charge in [0.2, 0.25) is 5.91 Å². The Bertz CT molecular complexity index is 630. The summed E-state index contributed by atoms with van der Waals surface area (Å²) in [5.74, 6) is 0.521. The van der Waals surface area contributed by atoms with Gasteiger partial charge in [0.05, 0.1) is 5.75 Å². The first-order valence-corrected chi connectivity index (χ1v) is 8.07. The molecule has 2 aromatic rings. The SMILES string of the molecule is COCCCn1c(SCC(N)=O)nnc1-c1ccc(Cl)cc1. The molecule has 0 saturated heterocycles. The predicted molar refractivity (Wildman–Crippen MR) is 86.9 cm³/mol. The van der Waals surface area contributed by atoms with Crippen molar-refractivity contribution >= 4 is 29.3 Å². The molecular weight excluding hydrogens is 324 g/mol. The molecule has 0 aliphatic carbocycles. The predicted octanol–water partition coefficient (Wildman–Crippen LogP) is 2.21. The molecule has 0 unspecified atom stereocenters. The van der Waals surface area contributed by atoms with Gasteiger partial charge in [0, 0.05) is 30.8 Å². The highest BCUT2D eigenvalue weighted by Gasteiger charge is 2.14. The summed E-state index contributed by atoms with van der Waals surface area (Å²) in [5.41, 5.74) is 6.11. The van der Waals surface area contributed by atoms with Gasteiger partial charge < -0.3 is 15.0 Å². The van der Waals surface area contributed by atoms with E-state index < -0.39 is 0 Å². The highest BCUT2D eigenvalue weighted by molar-refractivity contribution is 7.99. The molecule has 0 radical (unpaired) electrons. The van der Waals surface area contributed by atoms with E-state index in [2.05, 4.69) is 10.2 Å². The van der Waals surface area contributed by atoms with Crippen LogP contribution in [0.3, 0.4) is 0 Å². The lowest BCUT2D eigenvalue weighted by molar-refractivity contribution is -0.115. The molecule has 118 valence electrons. The summed E-state index contributed by atoms with van der Waals surface area (Å²) in [7, 11) is 1.66. The van der Waals surface area contributed by atoms with Gasteiger partial charge in [-0.05, 0) is 30.7 Å². The zero-order valence-corrected chi connectivity index (χ0v) is 13.7. The third-order valence-corrected chi connectivity index (χ3v) is 4.13. The molecule has 0 fully saturated rings. The van der Waals surface area contributed by atoms with Crippen molar-refractivity contribution in [1.29, 1.82) is 0 Å². The number of primary amides is 1. The number of halogens is 1. The molecule has 0 aliphatic heterocycles. The van der Waals surface area contributed by atoms with Crippen LogP contribution in [0.2, 0.25) is 5.02 Å². The van der Waals surface area contributed by atoms with Gasteiger partial charge in [0.25, 0.3) is 0 Å². The molecule has 6 nitrogen and oxygen atoms in total. The summed E-state index contributed by atoms with van der Waals surface area (Å²) >= 11 is 7.20. The number of aromatic nitrogens is 3. The van der Waals surface area contributed by atoms with Crippen LogP contribution in [0.15, 0.2) is 29.4 Å². The summed E-state index contributed by atoms with van der Waals surface area (Å²) in [6.45, 7) is 1.33. The van der Waals surface area contributed by atoms with Gasteiger partial charge in [-0.2, -0.15) is 0 Å². The van der Waals surface area contributed by atoms with Crippen molar-refractivity contribution in [2.24, 2.45) is 5.73 Å². The summed E-state index contributed by atoms with van der Waals surface area (Å²) in [6.07, 6.45) is 0.819. The number of methoxy groups -OCH3 is 1. The average molecular weight is 341 g/mol. The smallest absolute Gasteiger partial charge is 0.227 e. The minimum absolute atomic E-state index is 0.170. The molecule has 0 bridgehead atoms. The number of carbonyl (C=O) groups excluding carboxylic acids is 1. The highest BCUT2D eigenvalue weighted by Crippen LogP contribution is 2.25. The van der Waals surface area contributed by atoms with Crippen molar-refractivity contribution in [3.63, 3.8) is 0 Å². The molecule has 1 aromatic carbocycles. The summed E-state index contributed by atoms with van der Waals surface area (Å²) in [6, 6.07) is 7.39. The number of benzene rings is 1. The van der Waals surface area contributed by atoms with E-state index in [1.807, 2.05) is 16.7 Å². The molecule has 0 atom stereocenters. The van der Waals surface area contributed by atoms with Crippen LogP contribution in [-0.2, 0) is 16.1 Å². The molecule has 2 rings (SSSR count). The molecule has 2 N–H and O–H groups in total. The van der Waals surface area contributed by atoms with E-state index in [1.165, 1.54) is 11.8 Å². The maximum Gasteiger partial charge on any atom is 0.227 e. The number of nitrogens with two attached hydrogens (primary N) is 1. The lowest BCUT2D eigenvalue weighted by atomic mass is 10.2. The minimum atomic E-state index is -0.385. The van der Waals surface area contributed by atoms with Crippen molar-refractivity contribution in [2.45, 2.75) is 18.1 Å². The molecule has 1 heterocycles. The summed E-state index contributed by atoms with van der Waals surface area (Å²) < 4.78 is 7.06. The van der Waals surface area contributed by atoms with Crippen LogP contribution in [0.4, 0.5) is 0 Å². The van der Waals surface area contributed by atoms with Crippen molar-refractivity contribution in [3.8, 4) is 11.4 Å². The van der Waals surface area contributed by atoms with Gasteiger partial charge in [-0.1, -0.05) is 23.4 Å². The zero-order valence-electron chi connectivity index (χ0n) is 12.2. The van der Waals surface area contributed by atoms with Crippen LogP contribution in [0.1, 0.15) is 6.42 Å². The van der Waals surface area contributed by atoms with E-state index in [9.17, 15) is 4.79 Å². The van der Waals surface area contributed by atoms with Gasteiger partial charge in [-0.25, -0.2) is 0 Å². The number of rotatable bonds is 8. The first-order valence-electron chi connectivity index (χ1n) is 6.71. The normalized spacial score (nSPS) is 10.8. The van der Waals surface area contributed by atoms with Gasteiger partial charge in [0.15, 0.2) is 11.0 Å². The van der Waals surface area contributed by atoms with E-state index in [-0.39, 0.29) is 11.7 Å². The Morgan fingerprint density at radius 3 is 2.73 bits per heavy atom. The molecule has 1 aromatic heterocycles. The lowest BCUT2D eigenvalue weighted by Crippen LogP contribution is -2.14. The van der Waals surface area contributed by atoms with Crippen molar-refractivity contribution < 1.29 is 9.53 Å². The van der Waals surface area contributed by atoms with E-state index in [0.29, 0.717) is 23.3 Å². The number of nitrogens with zero attached hydrogens (tertiary/aromatic N) is 3. The second-order valence-corrected chi connectivity index (χ2v) is 5.94. The molecule has 22 heavy (non-hydrogen) atoms. The van der Waals surface area contributed by atoms with Gasteiger partial charge >= 0.3 is 0 Å². The number of carbonyl (C=O) groups is 1. The Hall–Kier alpha value is -1.57. The van der Waals surface area contributed by atoms with Crippen LogP contribution >= 0.6 is 23.4 Å². The number of ether oxygens (including phenoxy) is 1. The highest BCUT2D eigenvalue weighted by atomic mass is 35.5. The Balaban J connectivity index is 2.27. The summed E-state index contributed by atoms with van der Waals surface area (Å²) in [4.78, 5) is 11.0. The van der Waals surface area contributed by atoms with Crippen LogP contribution in [0, 0.1) is 0 Å². The Labute approximate surface area is 138 Å². The number of amides is 1. The number of hydrogen-bond donors (Lipinski definition) is 1. The van der Waals surface area contributed by atoms with E-state index in [4.69, 9.17) is 22.1 Å². The maximum atomic E-state index is 11.0. The molecule has 8 heteroatoms. The van der Waals surface area contributed by atoms with E-state index >= 15 is 0 Å². The number of hydrogen-bond acceptors (Lipinski definition) is 5. The average Bonchev–Trinajstić information content (AvgIpc) is 2.89. The fourth-order valence-electron chi connectivity index (χ4n) is 1.91. The topological polar surface area (TPSA) is 83.0 Å². The molecule has 1 amide bonds. The Morgan fingerprint density at radius 2 is 2.09 bits per heavy atom. The number of thioether (sulfide) groups is 1. The van der Waals surface area contributed by atoms with E-state index in [0.717, 1.165) is 17.8 Å². The third kappa shape index (κ3) is 4.46. The second-order valence-electron chi connectivity index (χ2n) is 4.57. The first-order chi connectivity index (χ1) is 10.6. The van der Waals surface area contributed by atoms with Crippen molar-refractivity contribution in [3.05, 3.63) is 29.3 Å². The molecule has 0 saturated carbocycles. The van der Waals surface area contributed by atoms with Gasteiger partial charge in [-0.3, -0.25) is 4.79 Å². The fraction of sp³-hybridized carbons (Fsp3) is 0.357. The Morgan fingerprint density at radius 1 is 1.36 bits per heavy atom. The van der Waals surface area contributed by atoms with Crippen LogP contribution in [-0.4, -0.2) is 40.1 Å². The van der Waals surface area contributed by atoms with E-state index in [1.54, 1.807) is 19.2 Å². The quantitative estimate of drug-likeness (QED) is 0.588.